The summed E-state index contributed by atoms with van der Waals surface area (Å²) < 4.78 is 0. The van der Waals surface area contributed by atoms with E-state index in [1.165, 1.54) is 0 Å². The summed E-state index contributed by atoms with van der Waals surface area (Å²) in [6.45, 7) is 1.73. The van der Waals surface area contributed by atoms with Gasteiger partial charge in [0.25, 0.3) is 0 Å². The van der Waals surface area contributed by atoms with Crippen molar-refractivity contribution in [2.24, 2.45) is 0 Å². The zero-order valence-corrected chi connectivity index (χ0v) is 9.11. The van der Waals surface area contributed by atoms with Crippen molar-refractivity contribution in [3.05, 3.63) is 24.3 Å². The molecule has 1 aliphatic rings. The topological polar surface area (TPSA) is 51.2 Å². The predicted octanol–water partition coefficient (Wildman–Crippen LogP) is 1.60. The van der Waals surface area contributed by atoms with Crippen LogP contribution in [0.3, 0.4) is 0 Å². The van der Waals surface area contributed by atoms with Crippen molar-refractivity contribution >= 4 is 15.6 Å². The molecule has 0 heterocycles. The maximum atomic E-state index is 11.2. The van der Waals surface area contributed by atoms with Crippen LogP contribution in [0, 0.1) is 0 Å². The Morgan fingerprint density at radius 3 is 1.79 bits per heavy atom. The first-order valence-electron chi connectivity index (χ1n) is 4.22. The summed E-state index contributed by atoms with van der Waals surface area (Å²) in [6, 6.07) is 0. The molecule has 3 nitrogen and oxygen atoms in total. The van der Waals surface area contributed by atoms with Gasteiger partial charge in [-0.25, -0.2) is 0 Å². The second-order valence-corrected chi connectivity index (χ2v) is 9.87. The van der Waals surface area contributed by atoms with E-state index < -0.39 is 11.8 Å². The molecule has 1 aliphatic carbocycles. The average molecular weight is 236 g/mol. The summed E-state index contributed by atoms with van der Waals surface area (Å²) in [5.74, 6) is 0. The van der Waals surface area contributed by atoms with Crippen LogP contribution in [-0.4, -0.2) is 15.6 Å². The van der Waals surface area contributed by atoms with Gasteiger partial charge in [-0.05, 0) is 0 Å². The van der Waals surface area contributed by atoms with Crippen molar-refractivity contribution in [1.82, 2.24) is 0 Å². The standard InChI is InChI=1S/C5H5.C2H5.3CHO.Mn/c1-2-4-5-3-1;4*1-2;/h1-5H;1H2,2H3;3*1H;. The molecule has 0 N–H and O–H groups in total. The fraction of sp³-hybridized carbons (Fsp3) is 0.300. The first-order chi connectivity index (χ1) is 6.67. The molecule has 0 aromatic rings. The van der Waals surface area contributed by atoms with E-state index in [1.807, 2.05) is 0 Å². The number of carbonyl (C=O) groups excluding carboxylic acids is 3. The summed E-state index contributed by atoms with van der Waals surface area (Å²) in [4.78, 5) is 33.2. The Bertz CT molecular complexity index is 294. The van der Waals surface area contributed by atoms with Crippen molar-refractivity contribution in [2.75, 3.05) is 0 Å². The molecule has 0 bridgehead atoms. The summed E-state index contributed by atoms with van der Waals surface area (Å²) in [6.07, 6.45) is 7.05. The monoisotopic (exact) mass is 236 g/mol. The number of hydrogen-bond donors (Lipinski definition) is 0. The van der Waals surface area contributed by atoms with Crippen molar-refractivity contribution in [3.8, 4) is 0 Å². The van der Waals surface area contributed by atoms with Gasteiger partial charge in [-0.3, -0.25) is 0 Å². The molecule has 1 rings (SSSR count). The van der Waals surface area contributed by atoms with Gasteiger partial charge in [-0.1, -0.05) is 0 Å². The summed E-state index contributed by atoms with van der Waals surface area (Å²) in [7, 11) is 0. The van der Waals surface area contributed by atoms with Gasteiger partial charge in [-0.2, -0.15) is 0 Å². The molecule has 0 spiro atoms. The van der Waals surface area contributed by atoms with Gasteiger partial charge in [-0.15, -0.1) is 0 Å². The minimum atomic E-state index is -3.79. The van der Waals surface area contributed by atoms with Crippen molar-refractivity contribution in [3.63, 3.8) is 0 Å². The Labute approximate surface area is 83.4 Å². The van der Waals surface area contributed by atoms with E-state index >= 15 is 0 Å². The molecule has 0 aliphatic heterocycles. The van der Waals surface area contributed by atoms with Crippen LogP contribution < -0.4 is 0 Å². The maximum absolute atomic E-state index is 11.2. The third-order valence-corrected chi connectivity index (χ3v) is 8.92. The Kier molecular flexibility index (Phi) is 2.88. The van der Waals surface area contributed by atoms with Crippen LogP contribution in [0.15, 0.2) is 24.3 Å². The summed E-state index contributed by atoms with van der Waals surface area (Å²) in [5, 5.41) is 2.18. The Morgan fingerprint density at radius 1 is 1.07 bits per heavy atom. The van der Waals surface area contributed by atoms with Crippen LogP contribution in [0.5, 0.6) is 0 Å². The van der Waals surface area contributed by atoms with Gasteiger partial charge < -0.3 is 0 Å². The number of hydrogen-bond acceptors (Lipinski definition) is 3. The van der Waals surface area contributed by atoms with E-state index in [1.54, 1.807) is 31.2 Å². The third-order valence-electron chi connectivity index (χ3n) is 2.58. The van der Waals surface area contributed by atoms with Gasteiger partial charge >= 0.3 is 83.1 Å². The molecule has 4 heteroatoms. The number of rotatable bonds is 5. The second kappa shape index (κ2) is 3.64. The van der Waals surface area contributed by atoms with E-state index in [9.17, 15) is 14.4 Å². The van der Waals surface area contributed by atoms with E-state index in [0.717, 1.165) is 0 Å². The molecular formula is C10H13MnO3. The van der Waals surface area contributed by atoms with Crippen LogP contribution >= 0.6 is 0 Å². The molecule has 0 amide bonds. The Morgan fingerprint density at radius 2 is 1.50 bits per heavy atom. The number of carbonyl (C=O) groups is 3. The molecule has 0 fully saturated rings. The molecule has 78 valence electrons. The molecule has 0 atom stereocenters. The minimum absolute atomic E-state index is 0.297. The zero-order valence-electron chi connectivity index (χ0n) is 7.93. The van der Waals surface area contributed by atoms with E-state index in [2.05, 4.69) is 0 Å². The van der Waals surface area contributed by atoms with E-state index in [0.29, 0.717) is 20.9 Å². The fourth-order valence-electron chi connectivity index (χ4n) is 1.37. The molecule has 0 saturated heterocycles. The van der Waals surface area contributed by atoms with Crippen LogP contribution in [0.25, 0.3) is 0 Å². The molecule has 0 radical (unpaired) electrons. The van der Waals surface area contributed by atoms with Crippen LogP contribution in [0.1, 0.15) is 6.92 Å². The molecule has 0 aromatic heterocycles. The normalized spacial score (nSPS) is 18.8. The SMILES string of the molecule is C[CH2][Mn]([CH]=O)([CH]=O)([CH]=O)[CH]1C=CC=C1. The Balaban J connectivity index is 3.33. The second-order valence-electron chi connectivity index (χ2n) is 3.12. The molecule has 14 heavy (non-hydrogen) atoms. The molecule has 0 saturated carbocycles. The summed E-state index contributed by atoms with van der Waals surface area (Å²) >= 11 is -3.79. The van der Waals surface area contributed by atoms with Crippen LogP contribution in [0.4, 0.5) is 0 Å². The first kappa shape index (κ1) is 11.1. The van der Waals surface area contributed by atoms with Gasteiger partial charge in [0, 0.05) is 0 Å². The van der Waals surface area contributed by atoms with Crippen molar-refractivity contribution in [1.29, 1.82) is 0 Å². The third kappa shape index (κ3) is 1.22. The quantitative estimate of drug-likeness (QED) is 0.538. The van der Waals surface area contributed by atoms with Gasteiger partial charge in [0.15, 0.2) is 0 Å². The zero-order chi connectivity index (χ0) is 10.7. The molecule has 0 aromatic carbocycles. The predicted molar refractivity (Wildman–Crippen MR) is 52.8 cm³/mol. The van der Waals surface area contributed by atoms with E-state index in [4.69, 9.17) is 0 Å². The summed E-state index contributed by atoms with van der Waals surface area (Å²) in [5.41, 5.74) is 0. The fourth-order valence-corrected chi connectivity index (χ4v) is 4.64. The van der Waals surface area contributed by atoms with E-state index in [-0.39, 0.29) is 4.82 Å². The average Bonchev–Trinajstić information content (AvgIpc) is 2.78. The van der Waals surface area contributed by atoms with Crippen LogP contribution in [0.2, 0.25) is 10.1 Å². The van der Waals surface area contributed by atoms with Crippen molar-refractivity contribution in [2.45, 2.75) is 17.1 Å². The first-order valence-corrected chi connectivity index (χ1v) is 7.78. The van der Waals surface area contributed by atoms with Gasteiger partial charge in [0.1, 0.15) is 0 Å². The van der Waals surface area contributed by atoms with Crippen LogP contribution in [-0.2, 0) is 26.2 Å². The molecule has 0 unspecified atom stereocenters. The van der Waals surface area contributed by atoms with Crippen molar-refractivity contribution < 1.29 is 26.2 Å². The van der Waals surface area contributed by atoms with Gasteiger partial charge in [0.2, 0.25) is 0 Å². The molecular weight excluding hydrogens is 223 g/mol. The number of allylic oxidation sites excluding steroid dienone is 4. The van der Waals surface area contributed by atoms with Gasteiger partial charge in [0.05, 0.1) is 0 Å². The Hall–Kier alpha value is -0.991.